The fourth-order valence-electron chi connectivity index (χ4n) is 1.72. The number of methoxy groups -OCH3 is 2. The molecule has 0 radical (unpaired) electrons. The molecule has 8 nitrogen and oxygen atoms in total. The van der Waals surface area contributed by atoms with Crippen LogP contribution in [-0.4, -0.2) is 40.9 Å². The van der Waals surface area contributed by atoms with Crippen LogP contribution in [0.1, 0.15) is 0 Å². The number of carbonyl (C=O) groups excluding carboxylic acids is 2. The Bertz CT molecular complexity index is 743. The molecule has 2 aromatic rings. The Morgan fingerprint density at radius 2 is 2.09 bits per heavy atom. The number of benzene rings is 1. The van der Waals surface area contributed by atoms with Gasteiger partial charge in [0.15, 0.2) is 0 Å². The zero-order valence-corrected chi connectivity index (χ0v) is 13.1. The summed E-state index contributed by atoms with van der Waals surface area (Å²) in [5.74, 6) is -1.44. The maximum Gasteiger partial charge on any atom is 0.354 e. The van der Waals surface area contributed by atoms with E-state index in [-0.39, 0.29) is 5.70 Å². The molecule has 0 saturated heterocycles. The van der Waals surface area contributed by atoms with Crippen molar-refractivity contribution in [3.05, 3.63) is 47.6 Å². The molecule has 0 aliphatic rings. The van der Waals surface area contributed by atoms with Gasteiger partial charge in [-0.2, -0.15) is 5.10 Å². The summed E-state index contributed by atoms with van der Waals surface area (Å²) in [7, 11) is 2.40. The molecule has 2 rings (SSSR count). The van der Waals surface area contributed by atoms with E-state index in [0.29, 0.717) is 16.4 Å². The van der Waals surface area contributed by atoms with Crippen molar-refractivity contribution in [2.75, 3.05) is 19.5 Å². The molecule has 1 aromatic heterocycles. The molecule has 1 N–H and O–H groups in total. The van der Waals surface area contributed by atoms with Crippen LogP contribution in [0.5, 0.6) is 0 Å². The number of anilines is 1. The average molecular weight is 337 g/mol. The van der Waals surface area contributed by atoms with Gasteiger partial charge in [0.25, 0.3) is 0 Å². The van der Waals surface area contributed by atoms with E-state index in [9.17, 15) is 9.59 Å². The first-order chi connectivity index (χ1) is 11.0. The van der Waals surface area contributed by atoms with Crippen LogP contribution in [-0.2, 0) is 19.1 Å². The van der Waals surface area contributed by atoms with Crippen LogP contribution < -0.4 is 5.32 Å². The van der Waals surface area contributed by atoms with Crippen LogP contribution in [0.25, 0.3) is 5.69 Å². The smallest absolute Gasteiger partial charge is 0.354 e. The van der Waals surface area contributed by atoms with Crippen LogP contribution in [0.2, 0.25) is 5.02 Å². The molecular weight excluding hydrogens is 324 g/mol. The van der Waals surface area contributed by atoms with E-state index in [1.807, 2.05) is 0 Å². The normalized spacial score (nSPS) is 11.0. The monoisotopic (exact) mass is 336 g/mol. The fraction of sp³-hybridized carbons (Fsp3) is 0.143. The van der Waals surface area contributed by atoms with Gasteiger partial charge in [0, 0.05) is 5.02 Å². The van der Waals surface area contributed by atoms with Crippen LogP contribution in [0, 0.1) is 0 Å². The van der Waals surface area contributed by atoms with Crippen molar-refractivity contribution >= 4 is 29.2 Å². The lowest BCUT2D eigenvalue weighted by atomic mass is 10.2. The number of ether oxygens (including phenoxy) is 2. The standard InChI is InChI=1S/C14H13ClN4O4/c1-22-13(20)6-11(14(21)23-2)18-10-5-9(15)3-4-12(10)19-8-16-7-17-19/h3-8,18H,1-2H3/b11-6+. The quantitative estimate of drug-likeness (QED) is 0.654. The highest BCUT2D eigenvalue weighted by molar-refractivity contribution is 6.31. The summed E-state index contributed by atoms with van der Waals surface area (Å²) in [5.41, 5.74) is 0.901. The largest absolute Gasteiger partial charge is 0.466 e. The Hall–Kier alpha value is -2.87. The van der Waals surface area contributed by atoms with E-state index in [1.54, 1.807) is 18.2 Å². The maximum atomic E-state index is 11.8. The number of halogens is 1. The number of hydrogen-bond acceptors (Lipinski definition) is 7. The second kappa shape index (κ2) is 7.41. The number of nitrogens with one attached hydrogen (secondary N) is 1. The first kappa shape index (κ1) is 16.5. The second-order valence-electron chi connectivity index (χ2n) is 4.20. The van der Waals surface area contributed by atoms with E-state index in [1.165, 1.54) is 31.6 Å². The third-order valence-electron chi connectivity index (χ3n) is 2.76. The van der Waals surface area contributed by atoms with Gasteiger partial charge >= 0.3 is 11.9 Å². The van der Waals surface area contributed by atoms with Crippen LogP contribution in [0.4, 0.5) is 5.69 Å². The zero-order chi connectivity index (χ0) is 16.8. The van der Waals surface area contributed by atoms with Gasteiger partial charge in [0.2, 0.25) is 0 Å². The van der Waals surface area contributed by atoms with Crippen LogP contribution in [0.3, 0.4) is 0 Å². The molecule has 9 heteroatoms. The Labute approximate surface area is 136 Å². The van der Waals surface area contributed by atoms with Gasteiger partial charge in [-0.05, 0) is 18.2 Å². The third kappa shape index (κ3) is 4.07. The number of aromatic nitrogens is 3. The SMILES string of the molecule is COC(=O)/C=C(/Nc1cc(Cl)ccc1-n1cncn1)C(=O)OC. The lowest BCUT2D eigenvalue weighted by Crippen LogP contribution is -2.16. The van der Waals surface area contributed by atoms with E-state index in [0.717, 1.165) is 6.08 Å². The predicted molar refractivity (Wildman–Crippen MR) is 82.1 cm³/mol. The molecular formula is C14H13ClN4O4. The minimum Gasteiger partial charge on any atom is -0.466 e. The minimum absolute atomic E-state index is 0.108. The van der Waals surface area contributed by atoms with Crippen LogP contribution >= 0.6 is 11.6 Å². The molecule has 1 heterocycles. The first-order valence-electron chi connectivity index (χ1n) is 6.34. The summed E-state index contributed by atoms with van der Waals surface area (Å²) in [5, 5.41) is 7.26. The van der Waals surface area contributed by atoms with Crippen molar-refractivity contribution in [3.8, 4) is 5.69 Å². The van der Waals surface area contributed by atoms with Gasteiger partial charge in [-0.15, -0.1) is 0 Å². The van der Waals surface area contributed by atoms with Gasteiger partial charge < -0.3 is 14.8 Å². The summed E-state index contributed by atoms with van der Waals surface area (Å²) in [6, 6.07) is 4.92. The predicted octanol–water partition coefficient (Wildman–Crippen LogP) is 1.56. The van der Waals surface area contributed by atoms with Crippen molar-refractivity contribution in [3.63, 3.8) is 0 Å². The highest BCUT2D eigenvalue weighted by Crippen LogP contribution is 2.25. The zero-order valence-electron chi connectivity index (χ0n) is 12.3. The molecule has 120 valence electrons. The summed E-state index contributed by atoms with van der Waals surface area (Å²) < 4.78 is 10.6. The highest BCUT2D eigenvalue weighted by Gasteiger charge is 2.16. The highest BCUT2D eigenvalue weighted by atomic mass is 35.5. The lowest BCUT2D eigenvalue weighted by Gasteiger charge is -2.13. The summed E-state index contributed by atoms with van der Waals surface area (Å²) in [4.78, 5) is 27.1. The topological polar surface area (TPSA) is 95.3 Å². The van der Waals surface area contributed by atoms with Crippen molar-refractivity contribution in [2.24, 2.45) is 0 Å². The number of esters is 2. The summed E-state index contributed by atoms with van der Waals surface area (Å²) in [6.45, 7) is 0. The molecule has 0 saturated carbocycles. The van der Waals surface area contributed by atoms with E-state index >= 15 is 0 Å². The molecule has 0 atom stereocenters. The van der Waals surface area contributed by atoms with Gasteiger partial charge in [-0.3, -0.25) is 0 Å². The Kier molecular flexibility index (Phi) is 5.32. The molecule has 0 aliphatic heterocycles. The molecule has 23 heavy (non-hydrogen) atoms. The number of rotatable bonds is 5. The van der Waals surface area contributed by atoms with Gasteiger partial charge in [0.05, 0.1) is 31.7 Å². The molecule has 0 spiro atoms. The Morgan fingerprint density at radius 3 is 2.70 bits per heavy atom. The molecule has 1 aromatic carbocycles. The van der Waals surface area contributed by atoms with Gasteiger partial charge in [-0.25, -0.2) is 19.3 Å². The van der Waals surface area contributed by atoms with Gasteiger partial charge in [-0.1, -0.05) is 11.6 Å². The van der Waals surface area contributed by atoms with Crippen LogP contribution in [0.15, 0.2) is 42.6 Å². The molecule has 0 aliphatic carbocycles. The maximum absolute atomic E-state index is 11.8. The van der Waals surface area contributed by atoms with E-state index in [4.69, 9.17) is 11.6 Å². The molecule has 0 bridgehead atoms. The minimum atomic E-state index is -0.736. The lowest BCUT2D eigenvalue weighted by molar-refractivity contribution is -0.138. The molecule has 0 unspecified atom stereocenters. The second-order valence-corrected chi connectivity index (χ2v) is 4.64. The van der Waals surface area contributed by atoms with Crippen molar-refractivity contribution in [2.45, 2.75) is 0 Å². The van der Waals surface area contributed by atoms with E-state index < -0.39 is 11.9 Å². The molecule has 0 amide bonds. The number of hydrogen-bond donors (Lipinski definition) is 1. The number of carbonyl (C=O) groups is 2. The summed E-state index contributed by atoms with van der Waals surface area (Å²) >= 11 is 6.00. The van der Waals surface area contributed by atoms with Crippen molar-refractivity contribution in [1.82, 2.24) is 14.8 Å². The third-order valence-corrected chi connectivity index (χ3v) is 3.00. The number of nitrogens with zero attached hydrogens (tertiary/aromatic N) is 3. The summed E-state index contributed by atoms with van der Waals surface area (Å²) in [6.07, 6.45) is 3.83. The Balaban J connectivity index is 2.44. The van der Waals surface area contributed by atoms with Gasteiger partial charge in [0.1, 0.15) is 18.4 Å². The van der Waals surface area contributed by atoms with Crippen molar-refractivity contribution in [1.29, 1.82) is 0 Å². The fourth-order valence-corrected chi connectivity index (χ4v) is 1.89. The average Bonchev–Trinajstić information content (AvgIpc) is 3.07. The van der Waals surface area contributed by atoms with E-state index in [2.05, 4.69) is 24.9 Å². The first-order valence-corrected chi connectivity index (χ1v) is 6.72. The molecule has 0 fully saturated rings. The Morgan fingerprint density at radius 1 is 1.30 bits per heavy atom. The van der Waals surface area contributed by atoms with Crippen molar-refractivity contribution < 1.29 is 19.1 Å².